The highest BCUT2D eigenvalue weighted by atomic mass is 16.4. The van der Waals surface area contributed by atoms with E-state index >= 15 is 0 Å². The molecule has 0 bridgehead atoms. The maximum Gasteiger partial charge on any atom is 0.253 e. The van der Waals surface area contributed by atoms with Crippen molar-refractivity contribution in [1.29, 1.82) is 0 Å². The highest BCUT2D eigenvalue weighted by molar-refractivity contribution is 5.99. The molecule has 5 heteroatoms. The molecule has 0 aliphatic carbocycles. The average molecular weight is 259 g/mol. The van der Waals surface area contributed by atoms with Crippen molar-refractivity contribution in [3.8, 4) is 0 Å². The first-order valence-corrected chi connectivity index (χ1v) is 6.18. The van der Waals surface area contributed by atoms with Gasteiger partial charge < -0.3 is 15.5 Å². The molecule has 1 aromatic heterocycles. The minimum Gasteiger partial charge on any atom is -0.444 e. The van der Waals surface area contributed by atoms with Gasteiger partial charge in [-0.2, -0.15) is 0 Å². The van der Waals surface area contributed by atoms with E-state index in [1.807, 2.05) is 19.9 Å². The molecule has 0 aliphatic rings. The summed E-state index contributed by atoms with van der Waals surface area (Å²) in [5.74, 6) is 1.07. The highest BCUT2D eigenvalue weighted by Gasteiger charge is 2.10. The SMILES string of the molecule is CCc1cnc(CNC(=O)c2ccc(C)cc2N)o1. The molecule has 2 aromatic rings. The Labute approximate surface area is 111 Å². The molecule has 19 heavy (non-hydrogen) atoms. The smallest absolute Gasteiger partial charge is 0.253 e. The molecule has 0 spiro atoms. The molecular weight excluding hydrogens is 242 g/mol. The van der Waals surface area contributed by atoms with Crippen LogP contribution in [0.5, 0.6) is 0 Å². The summed E-state index contributed by atoms with van der Waals surface area (Å²) in [5, 5.41) is 2.74. The zero-order valence-corrected chi connectivity index (χ0v) is 11.1. The molecule has 1 aromatic carbocycles. The second kappa shape index (κ2) is 5.56. The fraction of sp³-hybridized carbons (Fsp3) is 0.286. The third-order valence-corrected chi connectivity index (χ3v) is 2.80. The van der Waals surface area contributed by atoms with Gasteiger partial charge in [-0.1, -0.05) is 13.0 Å². The molecule has 100 valence electrons. The number of aryl methyl sites for hydroxylation is 2. The van der Waals surface area contributed by atoms with Crippen LogP contribution in [0.2, 0.25) is 0 Å². The summed E-state index contributed by atoms with van der Waals surface area (Å²) >= 11 is 0. The van der Waals surface area contributed by atoms with Crippen molar-refractivity contribution in [2.24, 2.45) is 0 Å². The molecule has 0 saturated heterocycles. The van der Waals surface area contributed by atoms with E-state index in [9.17, 15) is 4.79 Å². The van der Waals surface area contributed by atoms with E-state index in [-0.39, 0.29) is 12.5 Å². The van der Waals surface area contributed by atoms with Crippen molar-refractivity contribution in [3.05, 3.63) is 47.2 Å². The number of rotatable bonds is 4. The van der Waals surface area contributed by atoms with E-state index in [1.165, 1.54) is 0 Å². The first-order chi connectivity index (χ1) is 9.10. The monoisotopic (exact) mass is 259 g/mol. The largest absolute Gasteiger partial charge is 0.444 e. The Balaban J connectivity index is 2.01. The number of nitrogen functional groups attached to an aromatic ring is 1. The number of hydrogen-bond acceptors (Lipinski definition) is 4. The van der Waals surface area contributed by atoms with Crippen LogP contribution in [0.15, 0.2) is 28.8 Å². The number of amides is 1. The summed E-state index contributed by atoms with van der Waals surface area (Å²) in [7, 11) is 0. The Bertz CT molecular complexity index is 590. The molecule has 0 fully saturated rings. The van der Waals surface area contributed by atoms with Crippen molar-refractivity contribution in [3.63, 3.8) is 0 Å². The lowest BCUT2D eigenvalue weighted by Gasteiger charge is -2.06. The number of anilines is 1. The maximum atomic E-state index is 12.0. The summed E-state index contributed by atoms with van der Waals surface area (Å²) in [6, 6.07) is 5.34. The van der Waals surface area contributed by atoms with E-state index in [2.05, 4.69) is 10.3 Å². The van der Waals surface area contributed by atoms with Crippen LogP contribution < -0.4 is 11.1 Å². The van der Waals surface area contributed by atoms with Crippen LogP contribution in [0, 0.1) is 6.92 Å². The number of carbonyl (C=O) groups excluding carboxylic acids is 1. The van der Waals surface area contributed by atoms with Crippen molar-refractivity contribution in [1.82, 2.24) is 10.3 Å². The summed E-state index contributed by atoms with van der Waals surface area (Å²) in [6.07, 6.45) is 2.45. The molecule has 1 amide bonds. The quantitative estimate of drug-likeness (QED) is 0.823. The van der Waals surface area contributed by atoms with Crippen molar-refractivity contribution in [2.45, 2.75) is 26.8 Å². The average Bonchev–Trinajstić information content (AvgIpc) is 2.84. The fourth-order valence-electron chi connectivity index (χ4n) is 1.73. The molecule has 0 radical (unpaired) electrons. The molecule has 3 N–H and O–H groups in total. The summed E-state index contributed by atoms with van der Waals surface area (Å²) in [4.78, 5) is 16.0. The number of benzene rings is 1. The van der Waals surface area contributed by atoms with Crippen LogP contribution in [-0.4, -0.2) is 10.9 Å². The van der Waals surface area contributed by atoms with Crippen LogP contribution >= 0.6 is 0 Å². The lowest BCUT2D eigenvalue weighted by atomic mass is 10.1. The summed E-state index contributed by atoms with van der Waals surface area (Å²) in [6.45, 7) is 4.17. The van der Waals surface area contributed by atoms with Gasteiger partial charge >= 0.3 is 0 Å². The highest BCUT2D eigenvalue weighted by Crippen LogP contribution is 2.13. The lowest BCUT2D eigenvalue weighted by molar-refractivity contribution is 0.0948. The van der Waals surface area contributed by atoms with Gasteiger partial charge in [-0.3, -0.25) is 4.79 Å². The van der Waals surface area contributed by atoms with Gasteiger partial charge in [-0.05, 0) is 24.6 Å². The normalized spacial score (nSPS) is 10.4. The maximum absolute atomic E-state index is 12.0. The predicted molar refractivity (Wildman–Crippen MR) is 72.6 cm³/mol. The zero-order valence-electron chi connectivity index (χ0n) is 11.1. The molecule has 0 aliphatic heterocycles. The first kappa shape index (κ1) is 13.1. The fourth-order valence-corrected chi connectivity index (χ4v) is 1.73. The number of nitrogens with two attached hydrogens (primary N) is 1. The third-order valence-electron chi connectivity index (χ3n) is 2.80. The van der Waals surface area contributed by atoms with E-state index < -0.39 is 0 Å². The second-order valence-corrected chi connectivity index (χ2v) is 4.35. The molecular formula is C14H17N3O2. The van der Waals surface area contributed by atoms with E-state index in [0.29, 0.717) is 17.1 Å². The van der Waals surface area contributed by atoms with Gasteiger partial charge in [-0.25, -0.2) is 4.98 Å². The van der Waals surface area contributed by atoms with Crippen LogP contribution in [0.3, 0.4) is 0 Å². The van der Waals surface area contributed by atoms with E-state index in [1.54, 1.807) is 18.3 Å². The van der Waals surface area contributed by atoms with Crippen molar-refractivity contribution >= 4 is 11.6 Å². The minimum atomic E-state index is -0.228. The van der Waals surface area contributed by atoms with Crippen LogP contribution in [0.4, 0.5) is 5.69 Å². The molecule has 1 heterocycles. The van der Waals surface area contributed by atoms with Gasteiger partial charge in [0, 0.05) is 12.1 Å². The minimum absolute atomic E-state index is 0.228. The molecule has 0 atom stereocenters. The predicted octanol–water partition coefficient (Wildman–Crippen LogP) is 2.06. The Morgan fingerprint density at radius 3 is 2.89 bits per heavy atom. The van der Waals surface area contributed by atoms with Crippen molar-refractivity contribution < 1.29 is 9.21 Å². The number of oxazole rings is 1. The van der Waals surface area contributed by atoms with Gasteiger partial charge in [0.25, 0.3) is 5.91 Å². The van der Waals surface area contributed by atoms with Crippen LogP contribution in [-0.2, 0) is 13.0 Å². The number of aromatic nitrogens is 1. The van der Waals surface area contributed by atoms with Gasteiger partial charge in [0.1, 0.15) is 5.76 Å². The third kappa shape index (κ3) is 3.13. The summed E-state index contributed by atoms with van der Waals surface area (Å²) in [5.41, 5.74) is 7.78. The van der Waals surface area contributed by atoms with Crippen LogP contribution in [0.25, 0.3) is 0 Å². The summed E-state index contributed by atoms with van der Waals surface area (Å²) < 4.78 is 5.41. The number of nitrogens with one attached hydrogen (secondary N) is 1. The number of nitrogens with zero attached hydrogens (tertiary/aromatic N) is 1. The lowest BCUT2D eigenvalue weighted by Crippen LogP contribution is -2.24. The Kier molecular flexibility index (Phi) is 3.85. The number of hydrogen-bond donors (Lipinski definition) is 2. The van der Waals surface area contributed by atoms with Gasteiger partial charge in [0.2, 0.25) is 5.89 Å². The van der Waals surface area contributed by atoms with Crippen molar-refractivity contribution in [2.75, 3.05) is 5.73 Å². The Hall–Kier alpha value is -2.30. The first-order valence-electron chi connectivity index (χ1n) is 6.18. The Morgan fingerprint density at radius 2 is 2.26 bits per heavy atom. The van der Waals surface area contributed by atoms with Gasteiger partial charge in [-0.15, -0.1) is 0 Å². The van der Waals surface area contributed by atoms with Gasteiger partial charge in [0.05, 0.1) is 18.3 Å². The number of carbonyl (C=O) groups is 1. The Morgan fingerprint density at radius 1 is 1.47 bits per heavy atom. The second-order valence-electron chi connectivity index (χ2n) is 4.35. The topological polar surface area (TPSA) is 81.2 Å². The molecule has 0 unspecified atom stereocenters. The molecule has 2 rings (SSSR count). The standard InChI is InChI=1S/C14H17N3O2/c1-3-10-7-16-13(19-10)8-17-14(18)11-5-4-9(2)6-12(11)15/h4-7H,3,8,15H2,1-2H3,(H,17,18). The molecule has 0 saturated carbocycles. The van der Waals surface area contributed by atoms with E-state index in [0.717, 1.165) is 17.7 Å². The molecule has 5 nitrogen and oxygen atoms in total. The van der Waals surface area contributed by atoms with Crippen LogP contribution in [0.1, 0.15) is 34.5 Å². The van der Waals surface area contributed by atoms with Gasteiger partial charge in [0.15, 0.2) is 0 Å². The zero-order chi connectivity index (χ0) is 13.8. The van der Waals surface area contributed by atoms with E-state index in [4.69, 9.17) is 10.2 Å².